The van der Waals surface area contributed by atoms with Crippen molar-refractivity contribution in [2.45, 2.75) is 65.0 Å². The number of rotatable bonds is 13. The summed E-state index contributed by atoms with van der Waals surface area (Å²) in [5.41, 5.74) is 4.32. The van der Waals surface area contributed by atoms with Crippen LogP contribution in [0.5, 0.6) is 0 Å². The second kappa shape index (κ2) is 14.4. The Bertz CT molecular complexity index is 1100. The molecule has 1 N–H and O–H groups in total. The predicted octanol–water partition coefficient (Wildman–Crippen LogP) is 6.39. The highest BCUT2D eigenvalue weighted by Crippen LogP contribution is 2.19. The molecule has 0 aliphatic rings. The highest BCUT2D eigenvalue weighted by molar-refractivity contribution is 6.30. The van der Waals surface area contributed by atoms with Crippen LogP contribution in [0.1, 0.15) is 55.4 Å². The van der Waals surface area contributed by atoms with Crippen LogP contribution in [0, 0.1) is 0 Å². The van der Waals surface area contributed by atoms with Crippen molar-refractivity contribution in [1.29, 1.82) is 0 Å². The maximum atomic E-state index is 13.7. The molecule has 0 aromatic heterocycles. The summed E-state index contributed by atoms with van der Waals surface area (Å²) in [6, 6.07) is 25.2. The van der Waals surface area contributed by atoms with E-state index in [0.717, 1.165) is 36.0 Å². The number of unbranched alkanes of at least 4 members (excludes halogenated alkanes) is 1. The summed E-state index contributed by atoms with van der Waals surface area (Å²) in [4.78, 5) is 28.9. The molecule has 0 saturated carbocycles. The number of carbonyl (C=O) groups is 2. The standard InChI is InChI=1S/C31H37ClN2O2/c1-3-5-20-33-31(36)29(22-26-10-7-6-8-11-26)34(23-27-12-9-13-28(32)21-27)30(35)19-18-25-16-14-24(4-2)15-17-25/h6-17,21,29H,3-5,18-20,22-23H2,1-2H3,(H,33,36). The number of carbonyl (C=O) groups excluding carboxylic acids is 2. The van der Waals surface area contributed by atoms with Gasteiger partial charge in [-0.05, 0) is 53.6 Å². The Morgan fingerprint density at radius 1 is 0.861 bits per heavy atom. The van der Waals surface area contributed by atoms with E-state index in [-0.39, 0.29) is 11.8 Å². The van der Waals surface area contributed by atoms with Crippen LogP contribution in [0.2, 0.25) is 5.02 Å². The summed E-state index contributed by atoms with van der Waals surface area (Å²) >= 11 is 6.25. The molecule has 0 spiro atoms. The van der Waals surface area contributed by atoms with Gasteiger partial charge in [-0.1, -0.05) is 98.6 Å². The molecule has 0 radical (unpaired) electrons. The lowest BCUT2D eigenvalue weighted by molar-refractivity contribution is -0.141. The molecular weight excluding hydrogens is 468 g/mol. The molecule has 0 aliphatic heterocycles. The lowest BCUT2D eigenvalue weighted by atomic mass is 10.0. The molecule has 0 fully saturated rings. The molecule has 3 aromatic carbocycles. The Hall–Kier alpha value is -3.11. The van der Waals surface area contributed by atoms with Gasteiger partial charge >= 0.3 is 0 Å². The van der Waals surface area contributed by atoms with Gasteiger partial charge in [0, 0.05) is 31.0 Å². The monoisotopic (exact) mass is 504 g/mol. The number of nitrogens with zero attached hydrogens (tertiary/aromatic N) is 1. The van der Waals surface area contributed by atoms with Gasteiger partial charge in [0.2, 0.25) is 11.8 Å². The number of hydrogen-bond acceptors (Lipinski definition) is 2. The smallest absolute Gasteiger partial charge is 0.243 e. The van der Waals surface area contributed by atoms with Crippen molar-refractivity contribution in [3.05, 3.63) is 106 Å². The molecule has 3 aromatic rings. The summed E-state index contributed by atoms with van der Waals surface area (Å²) in [5.74, 6) is -0.156. The second-order valence-corrected chi connectivity index (χ2v) is 9.61. The molecule has 1 atom stereocenters. The minimum Gasteiger partial charge on any atom is -0.354 e. The maximum Gasteiger partial charge on any atom is 0.243 e. The van der Waals surface area contributed by atoms with Gasteiger partial charge in [0.1, 0.15) is 6.04 Å². The number of halogens is 1. The summed E-state index contributed by atoms with van der Waals surface area (Å²) in [6.07, 6.45) is 4.30. The second-order valence-electron chi connectivity index (χ2n) is 9.17. The zero-order chi connectivity index (χ0) is 25.8. The van der Waals surface area contributed by atoms with Gasteiger partial charge in [0.05, 0.1) is 0 Å². The third-order valence-electron chi connectivity index (χ3n) is 6.40. The van der Waals surface area contributed by atoms with Crippen LogP contribution >= 0.6 is 11.6 Å². The van der Waals surface area contributed by atoms with E-state index >= 15 is 0 Å². The fraction of sp³-hybridized carbons (Fsp3) is 0.355. The first-order valence-corrected chi connectivity index (χ1v) is 13.3. The van der Waals surface area contributed by atoms with Crippen LogP contribution in [0.4, 0.5) is 0 Å². The van der Waals surface area contributed by atoms with Gasteiger partial charge in [-0.3, -0.25) is 9.59 Å². The highest BCUT2D eigenvalue weighted by Gasteiger charge is 2.30. The Kier molecular flexibility index (Phi) is 11.0. The lowest BCUT2D eigenvalue weighted by Crippen LogP contribution is -2.50. The van der Waals surface area contributed by atoms with E-state index in [0.29, 0.717) is 37.4 Å². The summed E-state index contributed by atoms with van der Waals surface area (Å²) in [7, 11) is 0. The van der Waals surface area contributed by atoms with Crippen LogP contribution < -0.4 is 5.32 Å². The Morgan fingerprint density at radius 3 is 2.22 bits per heavy atom. The molecule has 4 nitrogen and oxygen atoms in total. The Morgan fingerprint density at radius 2 is 1.56 bits per heavy atom. The van der Waals surface area contributed by atoms with Crippen molar-refractivity contribution in [2.24, 2.45) is 0 Å². The van der Waals surface area contributed by atoms with Crippen molar-refractivity contribution < 1.29 is 9.59 Å². The quantitative estimate of drug-likeness (QED) is 0.274. The lowest BCUT2D eigenvalue weighted by Gasteiger charge is -2.32. The summed E-state index contributed by atoms with van der Waals surface area (Å²) in [6.45, 7) is 5.15. The summed E-state index contributed by atoms with van der Waals surface area (Å²) < 4.78 is 0. The van der Waals surface area contributed by atoms with Crippen molar-refractivity contribution in [3.8, 4) is 0 Å². The number of hydrogen-bond donors (Lipinski definition) is 1. The third-order valence-corrected chi connectivity index (χ3v) is 6.64. The third kappa shape index (κ3) is 8.53. The van der Waals surface area contributed by atoms with Crippen molar-refractivity contribution in [1.82, 2.24) is 10.2 Å². The number of aryl methyl sites for hydroxylation is 2. The number of benzene rings is 3. The minimum atomic E-state index is -0.613. The predicted molar refractivity (Wildman–Crippen MR) is 148 cm³/mol. The maximum absolute atomic E-state index is 13.7. The average molecular weight is 505 g/mol. The van der Waals surface area contributed by atoms with Gasteiger partial charge in [0.15, 0.2) is 0 Å². The van der Waals surface area contributed by atoms with Gasteiger partial charge in [0.25, 0.3) is 0 Å². The fourth-order valence-electron chi connectivity index (χ4n) is 4.23. The number of amides is 2. The molecule has 0 aliphatic carbocycles. The molecular formula is C31H37ClN2O2. The molecule has 1 unspecified atom stereocenters. The minimum absolute atomic E-state index is 0.0406. The van der Waals surface area contributed by atoms with Gasteiger partial charge in [-0.2, -0.15) is 0 Å². The van der Waals surface area contributed by atoms with Crippen LogP contribution in [-0.4, -0.2) is 29.3 Å². The average Bonchev–Trinajstić information content (AvgIpc) is 2.90. The van der Waals surface area contributed by atoms with E-state index in [1.807, 2.05) is 54.6 Å². The van der Waals surface area contributed by atoms with Crippen molar-refractivity contribution in [3.63, 3.8) is 0 Å². The normalized spacial score (nSPS) is 11.6. The Balaban J connectivity index is 1.86. The Labute approximate surface area is 220 Å². The largest absolute Gasteiger partial charge is 0.354 e. The number of nitrogens with one attached hydrogen (secondary N) is 1. The first-order valence-electron chi connectivity index (χ1n) is 12.9. The van der Waals surface area contributed by atoms with Gasteiger partial charge in [-0.15, -0.1) is 0 Å². The van der Waals surface area contributed by atoms with Crippen LogP contribution in [0.25, 0.3) is 0 Å². The molecule has 3 rings (SSSR count). The topological polar surface area (TPSA) is 49.4 Å². The molecule has 5 heteroatoms. The van der Waals surface area contributed by atoms with E-state index < -0.39 is 6.04 Å². The van der Waals surface area contributed by atoms with Gasteiger partial charge < -0.3 is 10.2 Å². The molecule has 2 amide bonds. The molecule has 36 heavy (non-hydrogen) atoms. The summed E-state index contributed by atoms with van der Waals surface area (Å²) in [5, 5.41) is 3.68. The molecule has 190 valence electrons. The zero-order valence-corrected chi connectivity index (χ0v) is 22.1. The van der Waals surface area contributed by atoms with Crippen LogP contribution in [0.3, 0.4) is 0 Å². The molecule has 0 heterocycles. The van der Waals surface area contributed by atoms with E-state index in [2.05, 4.69) is 43.4 Å². The van der Waals surface area contributed by atoms with Crippen LogP contribution in [0.15, 0.2) is 78.9 Å². The first-order chi connectivity index (χ1) is 17.5. The SMILES string of the molecule is CCCCNC(=O)C(Cc1ccccc1)N(Cc1cccc(Cl)c1)C(=O)CCc1ccc(CC)cc1. The van der Waals surface area contributed by atoms with Crippen LogP contribution in [-0.2, 0) is 35.4 Å². The first kappa shape index (κ1) is 27.5. The zero-order valence-electron chi connectivity index (χ0n) is 21.4. The van der Waals surface area contributed by atoms with Crippen molar-refractivity contribution in [2.75, 3.05) is 6.54 Å². The van der Waals surface area contributed by atoms with E-state index in [9.17, 15) is 9.59 Å². The van der Waals surface area contributed by atoms with E-state index in [4.69, 9.17) is 11.6 Å². The molecule has 0 bridgehead atoms. The van der Waals surface area contributed by atoms with Crippen molar-refractivity contribution >= 4 is 23.4 Å². The molecule has 0 saturated heterocycles. The highest BCUT2D eigenvalue weighted by atomic mass is 35.5. The van der Waals surface area contributed by atoms with E-state index in [1.54, 1.807) is 4.90 Å². The van der Waals surface area contributed by atoms with E-state index in [1.165, 1.54) is 5.56 Å². The van der Waals surface area contributed by atoms with Gasteiger partial charge in [-0.25, -0.2) is 0 Å². The fourth-order valence-corrected chi connectivity index (χ4v) is 4.44.